The lowest BCUT2D eigenvalue weighted by atomic mass is 9.33. The van der Waals surface area contributed by atoms with Crippen LogP contribution in [0.1, 0.15) is 158 Å². The molecule has 298 valence electrons. The van der Waals surface area contributed by atoms with E-state index in [4.69, 9.17) is 10.2 Å². The molecule has 0 aliphatic heterocycles. The molecule has 0 heterocycles. The topological polar surface area (TPSA) is 128 Å². The van der Waals surface area contributed by atoms with Gasteiger partial charge in [0.25, 0.3) is 0 Å². The van der Waals surface area contributed by atoms with Crippen LogP contribution in [0.3, 0.4) is 0 Å². The first-order valence-corrected chi connectivity index (χ1v) is 21.2. The van der Waals surface area contributed by atoms with Crippen LogP contribution in [0.5, 0.6) is 0 Å². The van der Waals surface area contributed by atoms with Gasteiger partial charge in [0, 0.05) is 12.5 Å². The maximum absolute atomic E-state index is 14.7. The van der Waals surface area contributed by atoms with Gasteiger partial charge in [-0.2, -0.15) is 5.06 Å². The molecule has 8 heteroatoms. The van der Waals surface area contributed by atoms with Crippen molar-refractivity contribution in [2.45, 2.75) is 164 Å². The minimum absolute atomic E-state index is 0.0415. The minimum Gasteiger partial charge on any atom is -0.481 e. The van der Waals surface area contributed by atoms with Crippen molar-refractivity contribution >= 4 is 23.2 Å². The molecule has 5 saturated carbocycles. The molecule has 11 unspecified atom stereocenters. The zero-order valence-corrected chi connectivity index (χ0v) is 34.7. The summed E-state index contributed by atoms with van der Waals surface area (Å²) >= 11 is 0. The molecule has 11 atom stereocenters. The average Bonchev–Trinajstić information content (AvgIpc) is 3.24. The van der Waals surface area contributed by atoms with E-state index in [2.05, 4.69) is 41.5 Å². The Kier molecular flexibility index (Phi) is 10.7. The zero-order chi connectivity index (χ0) is 39.0. The highest BCUT2D eigenvalue weighted by atomic mass is 16.7. The highest BCUT2D eigenvalue weighted by molar-refractivity contribution is 6.39. The van der Waals surface area contributed by atoms with Crippen molar-refractivity contribution < 1.29 is 29.4 Å². The molecule has 0 radical (unpaired) electrons. The lowest BCUT2D eigenvalue weighted by Gasteiger charge is -2.70. The van der Waals surface area contributed by atoms with Gasteiger partial charge in [-0.3, -0.25) is 14.4 Å². The van der Waals surface area contributed by atoms with Gasteiger partial charge in [0.05, 0.1) is 30.4 Å². The van der Waals surface area contributed by atoms with E-state index in [0.717, 1.165) is 83.5 Å². The number of fused-ring (bicyclic) bond motifs is 7. The lowest BCUT2D eigenvalue weighted by molar-refractivity contribution is -0.194. The highest BCUT2D eigenvalue weighted by Crippen LogP contribution is 2.75. The smallest absolute Gasteiger partial charge is 0.309 e. The molecular formula is C45H72N2O6. The summed E-state index contributed by atoms with van der Waals surface area (Å²) < 4.78 is 0. The van der Waals surface area contributed by atoms with E-state index in [0.29, 0.717) is 43.6 Å². The quantitative estimate of drug-likeness (QED) is 0.116. The van der Waals surface area contributed by atoms with Crippen molar-refractivity contribution in [2.75, 3.05) is 20.2 Å². The number of rotatable bonds is 10. The molecule has 0 saturated heterocycles. The summed E-state index contributed by atoms with van der Waals surface area (Å²) in [6.45, 7) is 18.9. The molecule has 0 amide bonds. The van der Waals surface area contributed by atoms with Crippen LogP contribution >= 0.6 is 0 Å². The number of nitrogens with one attached hydrogen (secondary N) is 1. The first-order chi connectivity index (χ1) is 24.6. The molecule has 0 aromatic heterocycles. The highest BCUT2D eigenvalue weighted by Gasteiger charge is 2.70. The van der Waals surface area contributed by atoms with Gasteiger partial charge in [-0.25, -0.2) is 0 Å². The standard InChI is InChI=1S/C45H72N2O6/c1-39(2)30(12-13-33(46)35(49)28-47(53-9)27-29-11-10-17-42(5,52)18-14-29)15-19-43(6)36(39)16-20-45(8)37(43)34(48)25-31-32-26-41(4,38(50)51)22-21-40(32,3)23-24-44(31,45)7/h25,29-30,32,36-37,46,52H,10-24,26-28H2,1-9H3,(H,50,51). The number of carboxylic acid groups (broad SMARTS) is 1. The SMILES string of the molecule is CON(CC(=O)C(=N)CCC1CCC2(C)C(CCC3(C)C2C(=O)C=C2C4CC(C)(C(=O)O)CCC4(C)CCC23C)C1(C)C)CC1CCCC(C)(O)CC1. The van der Waals surface area contributed by atoms with Crippen LogP contribution in [0.4, 0.5) is 0 Å². The van der Waals surface area contributed by atoms with Crippen LogP contribution in [0.15, 0.2) is 11.6 Å². The monoisotopic (exact) mass is 737 g/mol. The van der Waals surface area contributed by atoms with Gasteiger partial charge in [-0.05, 0) is 167 Å². The van der Waals surface area contributed by atoms with Crippen molar-refractivity contribution in [1.29, 1.82) is 5.41 Å². The van der Waals surface area contributed by atoms with Crippen LogP contribution in [0.25, 0.3) is 0 Å². The largest absolute Gasteiger partial charge is 0.481 e. The summed E-state index contributed by atoms with van der Waals surface area (Å²) in [5, 5.41) is 31.3. The van der Waals surface area contributed by atoms with Crippen LogP contribution in [0.2, 0.25) is 0 Å². The zero-order valence-electron chi connectivity index (χ0n) is 34.7. The summed E-state index contributed by atoms with van der Waals surface area (Å²) in [6.07, 6.45) is 16.1. The van der Waals surface area contributed by atoms with E-state index in [1.807, 2.05) is 19.9 Å². The Labute approximate surface area is 320 Å². The molecule has 0 aromatic rings. The summed E-state index contributed by atoms with van der Waals surface area (Å²) in [6, 6.07) is 0. The fraction of sp³-hybridized carbons (Fsp3) is 0.867. The van der Waals surface area contributed by atoms with Gasteiger partial charge >= 0.3 is 5.97 Å². The average molecular weight is 737 g/mol. The number of hydroxylamine groups is 2. The predicted octanol–water partition coefficient (Wildman–Crippen LogP) is 9.23. The second-order valence-electron chi connectivity index (χ2n) is 21.4. The molecular weight excluding hydrogens is 665 g/mol. The summed E-state index contributed by atoms with van der Waals surface area (Å²) in [7, 11) is 1.60. The number of nitrogens with zero attached hydrogens (tertiary/aromatic N) is 1. The molecule has 0 bridgehead atoms. The number of allylic oxidation sites excluding steroid dienone is 2. The Morgan fingerprint density at radius 2 is 1.60 bits per heavy atom. The fourth-order valence-electron chi connectivity index (χ4n) is 13.9. The van der Waals surface area contributed by atoms with Gasteiger partial charge < -0.3 is 20.5 Å². The molecule has 6 rings (SSSR count). The van der Waals surface area contributed by atoms with Gasteiger partial charge in [-0.15, -0.1) is 0 Å². The third kappa shape index (κ3) is 6.85. The molecule has 5 fully saturated rings. The number of aliphatic carboxylic acids is 1. The second kappa shape index (κ2) is 13.9. The van der Waals surface area contributed by atoms with Gasteiger partial charge in [0.2, 0.25) is 0 Å². The van der Waals surface area contributed by atoms with Crippen LogP contribution in [-0.2, 0) is 19.2 Å². The van der Waals surface area contributed by atoms with Crippen LogP contribution in [-0.4, -0.2) is 64.3 Å². The Morgan fingerprint density at radius 3 is 2.28 bits per heavy atom. The Morgan fingerprint density at radius 1 is 0.906 bits per heavy atom. The Bertz CT molecular complexity index is 1520. The van der Waals surface area contributed by atoms with E-state index < -0.39 is 17.0 Å². The minimum atomic E-state index is -0.751. The number of carboxylic acids is 1. The van der Waals surface area contributed by atoms with Crippen LogP contribution < -0.4 is 0 Å². The molecule has 0 spiro atoms. The molecule has 6 aliphatic carbocycles. The van der Waals surface area contributed by atoms with Gasteiger partial charge in [-0.1, -0.05) is 53.5 Å². The summed E-state index contributed by atoms with van der Waals surface area (Å²) in [5.41, 5.74) is -0.397. The number of carbonyl (C=O) groups is 3. The fourth-order valence-corrected chi connectivity index (χ4v) is 13.9. The molecule has 6 aliphatic rings. The van der Waals surface area contributed by atoms with Crippen molar-refractivity contribution in [1.82, 2.24) is 5.06 Å². The van der Waals surface area contributed by atoms with Crippen molar-refractivity contribution in [3.8, 4) is 0 Å². The van der Waals surface area contributed by atoms with Gasteiger partial charge in [0.15, 0.2) is 11.6 Å². The normalized spacial score (nSPS) is 45.2. The van der Waals surface area contributed by atoms with Crippen molar-refractivity contribution in [3.63, 3.8) is 0 Å². The third-order valence-corrected chi connectivity index (χ3v) is 17.9. The number of hydrogen-bond acceptors (Lipinski definition) is 7. The third-order valence-electron chi connectivity index (χ3n) is 17.9. The number of hydrogen-bond donors (Lipinski definition) is 3. The summed E-state index contributed by atoms with van der Waals surface area (Å²) in [5.74, 6) is 0.541. The summed E-state index contributed by atoms with van der Waals surface area (Å²) in [4.78, 5) is 46.2. The van der Waals surface area contributed by atoms with Crippen molar-refractivity contribution in [2.24, 2.45) is 62.1 Å². The van der Waals surface area contributed by atoms with Crippen LogP contribution in [0, 0.1) is 67.5 Å². The number of carbonyl (C=O) groups excluding carboxylic acids is 2. The Balaban J connectivity index is 1.14. The maximum Gasteiger partial charge on any atom is 0.309 e. The molecule has 0 aromatic carbocycles. The van der Waals surface area contributed by atoms with E-state index in [-0.39, 0.29) is 62.7 Å². The van der Waals surface area contributed by atoms with Gasteiger partial charge in [0.1, 0.15) is 0 Å². The Hall–Kier alpha value is -1.90. The van der Waals surface area contributed by atoms with E-state index in [9.17, 15) is 24.6 Å². The lowest BCUT2D eigenvalue weighted by Crippen LogP contribution is -2.66. The second-order valence-corrected chi connectivity index (χ2v) is 21.4. The molecule has 53 heavy (non-hydrogen) atoms. The number of aliphatic hydroxyl groups is 1. The number of ketones is 2. The first kappa shape index (κ1) is 40.8. The van der Waals surface area contributed by atoms with E-state index in [1.165, 1.54) is 5.57 Å². The van der Waals surface area contributed by atoms with E-state index in [1.54, 1.807) is 12.2 Å². The predicted molar refractivity (Wildman–Crippen MR) is 208 cm³/mol. The number of Topliss-reactive ketones (excluding diaryl/α,β-unsaturated/α-hetero) is 1. The van der Waals surface area contributed by atoms with E-state index >= 15 is 0 Å². The van der Waals surface area contributed by atoms with Crippen molar-refractivity contribution in [3.05, 3.63) is 11.6 Å². The first-order valence-electron chi connectivity index (χ1n) is 21.2. The maximum atomic E-state index is 14.7. The molecule has 8 nitrogen and oxygen atoms in total. The molecule has 3 N–H and O–H groups in total.